The lowest BCUT2D eigenvalue weighted by molar-refractivity contribution is -0.155. The number of thiophene rings is 1. The van der Waals surface area contributed by atoms with E-state index in [1.165, 1.54) is 22.2 Å². The third kappa shape index (κ3) is 3.80. The summed E-state index contributed by atoms with van der Waals surface area (Å²) >= 11 is 1.46. The van der Waals surface area contributed by atoms with Gasteiger partial charge in [0.05, 0.1) is 11.7 Å². The highest BCUT2D eigenvalue weighted by Gasteiger charge is 2.23. The molecule has 1 aliphatic rings. The van der Waals surface area contributed by atoms with Gasteiger partial charge in [0.15, 0.2) is 6.10 Å². The van der Waals surface area contributed by atoms with Crippen LogP contribution >= 0.6 is 11.3 Å². The molecule has 1 aliphatic carbocycles. The molecule has 1 saturated carbocycles. The molecule has 0 aliphatic heterocycles. The first-order valence-electron chi connectivity index (χ1n) is 8.82. The van der Waals surface area contributed by atoms with Crippen molar-refractivity contribution in [1.82, 2.24) is 14.9 Å². The largest absolute Gasteiger partial charge is 0.451 e. The predicted molar refractivity (Wildman–Crippen MR) is 99.3 cm³/mol. The summed E-state index contributed by atoms with van der Waals surface area (Å²) in [5.74, 6) is -0.928. The van der Waals surface area contributed by atoms with E-state index in [2.05, 4.69) is 10.3 Å². The van der Waals surface area contributed by atoms with Crippen LogP contribution in [-0.4, -0.2) is 33.6 Å². The fourth-order valence-corrected chi connectivity index (χ4v) is 4.19. The van der Waals surface area contributed by atoms with Gasteiger partial charge in [-0.25, -0.2) is 4.98 Å². The number of ether oxygens (including phenoxy) is 1. The molecule has 7 nitrogen and oxygen atoms in total. The third-order valence-electron chi connectivity index (χ3n) is 4.83. The number of amides is 1. The van der Waals surface area contributed by atoms with Crippen molar-refractivity contribution in [1.29, 1.82) is 0 Å². The lowest BCUT2D eigenvalue weighted by atomic mass is 10.2. The van der Waals surface area contributed by atoms with Crippen molar-refractivity contribution < 1.29 is 14.3 Å². The highest BCUT2D eigenvalue weighted by Crippen LogP contribution is 2.25. The summed E-state index contributed by atoms with van der Waals surface area (Å²) in [7, 11) is 0. The minimum absolute atomic E-state index is 0.169. The standard InChI is InChI=1S/C18H23N3O4S/c1-10-12(3)26-17-15(10)18(24)21(9-19-17)8-14(22)25-11(2)16(23)20-13-6-4-5-7-13/h9,11,13H,4-8H2,1-3H3,(H,20,23)/t11-/m0/s1. The molecule has 0 spiro atoms. The van der Waals surface area contributed by atoms with Gasteiger partial charge in [-0.2, -0.15) is 0 Å². The van der Waals surface area contributed by atoms with E-state index in [9.17, 15) is 14.4 Å². The van der Waals surface area contributed by atoms with Crippen LogP contribution in [0, 0.1) is 13.8 Å². The minimum atomic E-state index is -0.888. The van der Waals surface area contributed by atoms with Crippen molar-refractivity contribution in [2.24, 2.45) is 0 Å². The Balaban J connectivity index is 1.65. The van der Waals surface area contributed by atoms with Crippen LogP contribution in [0.4, 0.5) is 0 Å². The maximum Gasteiger partial charge on any atom is 0.326 e. The van der Waals surface area contributed by atoms with E-state index in [1.807, 2.05) is 13.8 Å². The Morgan fingerprint density at radius 1 is 1.38 bits per heavy atom. The summed E-state index contributed by atoms with van der Waals surface area (Å²) < 4.78 is 6.42. The van der Waals surface area contributed by atoms with Crippen LogP contribution in [-0.2, 0) is 20.9 Å². The molecule has 0 aromatic carbocycles. The molecule has 2 aromatic heterocycles. The Morgan fingerprint density at radius 3 is 2.77 bits per heavy atom. The van der Waals surface area contributed by atoms with Gasteiger partial charge in [0.1, 0.15) is 11.4 Å². The second kappa shape index (κ2) is 7.57. The van der Waals surface area contributed by atoms with Crippen molar-refractivity contribution >= 4 is 33.4 Å². The second-order valence-electron chi connectivity index (χ2n) is 6.76. The van der Waals surface area contributed by atoms with Gasteiger partial charge in [-0.1, -0.05) is 12.8 Å². The van der Waals surface area contributed by atoms with E-state index >= 15 is 0 Å². The molecule has 0 bridgehead atoms. The Kier molecular flexibility index (Phi) is 5.41. The van der Waals surface area contributed by atoms with Crippen LogP contribution in [0.25, 0.3) is 10.2 Å². The maximum absolute atomic E-state index is 12.6. The van der Waals surface area contributed by atoms with Gasteiger partial charge >= 0.3 is 5.97 Å². The lowest BCUT2D eigenvalue weighted by Gasteiger charge is -2.17. The zero-order chi connectivity index (χ0) is 18.8. The summed E-state index contributed by atoms with van der Waals surface area (Å²) in [6, 6.07) is 0.169. The van der Waals surface area contributed by atoms with Crippen molar-refractivity contribution in [2.45, 2.75) is 65.1 Å². The van der Waals surface area contributed by atoms with Gasteiger partial charge in [-0.3, -0.25) is 19.0 Å². The Labute approximate surface area is 155 Å². The molecule has 1 atom stereocenters. The van der Waals surface area contributed by atoms with E-state index in [1.54, 1.807) is 6.92 Å². The zero-order valence-electron chi connectivity index (χ0n) is 15.2. The third-order valence-corrected chi connectivity index (χ3v) is 5.95. The molecular formula is C18H23N3O4S. The van der Waals surface area contributed by atoms with Crippen molar-refractivity contribution in [3.8, 4) is 0 Å². The predicted octanol–water partition coefficient (Wildman–Crippen LogP) is 2.07. The molecule has 1 amide bonds. The lowest BCUT2D eigenvalue weighted by Crippen LogP contribution is -2.41. The van der Waals surface area contributed by atoms with E-state index in [0.717, 1.165) is 36.1 Å². The number of aromatic nitrogens is 2. The van der Waals surface area contributed by atoms with E-state index in [4.69, 9.17) is 4.74 Å². The molecule has 140 valence electrons. The van der Waals surface area contributed by atoms with Gasteiger partial charge < -0.3 is 10.1 Å². The average molecular weight is 377 g/mol. The Hall–Kier alpha value is -2.22. The number of carbonyl (C=O) groups excluding carboxylic acids is 2. The number of rotatable bonds is 5. The average Bonchev–Trinajstić information content (AvgIpc) is 3.19. The topological polar surface area (TPSA) is 90.3 Å². The first-order chi connectivity index (χ1) is 12.4. The van der Waals surface area contributed by atoms with Crippen LogP contribution in [0.2, 0.25) is 0 Å². The molecule has 2 aromatic rings. The summed E-state index contributed by atoms with van der Waals surface area (Å²) in [6.45, 7) is 5.08. The number of hydrogen-bond acceptors (Lipinski definition) is 6. The maximum atomic E-state index is 12.6. The summed E-state index contributed by atoms with van der Waals surface area (Å²) in [4.78, 5) is 42.8. The number of fused-ring (bicyclic) bond motifs is 1. The Morgan fingerprint density at radius 2 is 2.08 bits per heavy atom. The number of carbonyl (C=O) groups is 2. The van der Waals surface area contributed by atoms with Crippen molar-refractivity contribution in [3.63, 3.8) is 0 Å². The molecule has 8 heteroatoms. The van der Waals surface area contributed by atoms with E-state index in [-0.39, 0.29) is 24.1 Å². The molecular weight excluding hydrogens is 354 g/mol. The van der Waals surface area contributed by atoms with Crippen LogP contribution in [0.15, 0.2) is 11.1 Å². The monoisotopic (exact) mass is 377 g/mol. The molecule has 1 N–H and O–H groups in total. The molecule has 3 rings (SSSR count). The fraction of sp³-hybridized carbons (Fsp3) is 0.556. The van der Waals surface area contributed by atoms with Gasteiger partial charge in [0.2, 0.25) is 0 Å². The quantitative estimate of drug-likeness (QED) is 0.806. The summed E-state index contributed by atoms with van der Waals surface area (Å²) in [6.07, 6.45) is 4.61. The number of nitrogens with one attached hydrogen (secondary N) is 1. The number of hydrogen-bond donors (Lipinski definition) is 1. The number of nitrogens with zero attached hydrogens (tertiary/aromatic N) is 2. The van der Waals surface area contributed by atoms with E-state index in [0.29, 0.717) is 10.2 Å². The normalized spacial score (nSPS) is 16.0. The number of aryl methyl sites for hydroxylation is 2. The Bertz CT molecular complexity index is 896. The summed E-state index contributed by atoms with van der Waals surface area (Å²) in [5.41, 5.74) is 0.617. The van der Waals surface area contributed by atoms with Gasteiger partial charge in [-0.05, 0) is 39.2 Å². The van der Waals surface area contributed by atoms with Crippen molar-refractivity contribution in [3.05, 3.63) is 27.1 Å². The minimum Gasteiger partial charge on any atom is -0.451 e. The first-order valence-corrected chi connectivity index (χ1v) is 9.63. The molecule has 0 radical (unpaired) electrons. The first kappa shape index (κ1) is 18.6. The highest BCUT2D eigenvalue weighted by atomic mass is 32.1. The van der Waals surface area contributed by atoms with Gasteiger partial charge in [0, 0.05) is 10.9 Å². The van der Waals surface area contributed by atoms with Crippen molar-refractivity contribution in [2.75, 3.05) is 0 Å². The van der Waals surface area contributed by atoms with Crippen LogP contribution in [0.3, 0.4) is 0 Å². The molecule has 2 heterocycles. The van der Waals surface area contributed by atoms with Crippen LogP contribution in [0.1, 0.15) is 43.0 Å². The molecule has 0 unspecified atom stereocenters. The molecule has 26 heavy (non-hydrogen) atoms. The highest BCUT2D eigenvalue weighted by molar-refractivity contribution is 7.18. The van der Waals surface area contributed by atoms with E-state index < -0.39 is 12.1 Å². The van der Waals surface area contributed by atoms with Gasteiger partial charge in [0.25, 0.3) is 11.5 Å². The molecule has 0 saturated heterocycles. The number of esters is 1. The second-order valence-corrected chi connectivity index (χ2v) is 7.97. The fourth-order valence-electron chi connectivity index (χ4n) is 3.20. The van der Waals surface area contributed by atoms with Gasteiger partial charge in [-0.15, -0.1) is 11.3 Å². The smallest absolute Gasteiger partial charge is 0.326 e. The van der Waals surface area contributed by atoms with Crippen LogP contribution < -0.4 is 10.9 Å². The SMILES string of the molecule is Cc1sc2ncn(CC(=O)O[C@@H](C)C(=O)NC3CCCC3)c(=O)c2c1C. The van der Waals surface area contributed by atoms with Crippen LogP contribution in [0.5, 0.6) is 0 Å². The zero-order valence-corrected chi connectivity index (χ0v) is 16.0. The molecule has 1 fully saturated rings. The summed E-state index contributed by atoms with van der Waals surface area (Å²) in [5, 5.41) is 3.43.